The summed E-state index contributed by atoms with van der Waals surface area (Å²) in [6, 6.07) is 9.66. The van der Waals surface area contributed by atoms with Gasteiger partial charge in [-0.25, -0.2) is 8.42 Å². The number of fused-ring (bicyclic) bond motifs is 1. The molecule has 0 radical (unpaired) electrons. The number of hydrogen-bond acceptors (Lipinski definition) is 6. The lowest BCUT2D eigenvalue weighted by Gasteiger charge is -2.22. The molecule has 1 aromatic heterocycles. The molecule has 0 aliphatic carbocycles. The molecule has 0 aliphatic rings. The Morgan fingerprint density at radius 2 is 2.00 bits per heavy atom. The normalized spacial score (nSPS) is 11.6. The van der Waals surface area contributed by atoms with Gasteiger partial charge in [0.15, 0.2) is 0 Å². The minimum Gasteiger partial charge on any atom is -0.495 e. The molecule has 0 saturated carbocycles. The minimum atomic E-state index is -3.84. The lowest BCUT2D eigenvalue weighted by atomic mass is 10.3. The number of halogens is 1. The maximum atomic E-state index is 13.0. The second-order valence-corrected chi connectivity index (χ2v) is 7.58. The third-order valence-corrected chi connectivity index (χ3v) is 5.95. The minimum absolute atomic E-state index is 0.0910. The Hall–Kier alpha value is -1.90. The van der Waals surface area contributed by atoms with Gasteiger partial charge < -0.3 is 4.74 Å². The van der Waals surface area contributed by atoms with Crippen LogP contribution in [0.15, 0.2) is 41.3 Å². The van der Waals surface area contributed by atoms with Gasteiger partial charge in [-0.15, -0.1) is 0 Å². The van der Waals surface area contributed by atoms with Crippen LogP contribution in [0.4, 0.5) is 5.69 Å². The van der Waals surface area contributed by atoms with Gasteiger partial charge in [-0.05, 0) is 30.3 Å². The van der Waals surface area contributed by atoms with E-state index in [2.05, 4.69) is 8.75 Å². The Morgan fingerprint density at radius 1 is 1.22 bits per heavy atom. The number of ether oxygens (including phenoxy) is 1. The van der Waals surface area contributed by atoms with E-state index in [1.807, 2.05) is 0 Å². The second-order valence-electron chi connectivity index (χ2n) is 4.68. The van der Waals surface area contributed by atoms with Gasteiger partial charge in [0.05, 0.1) is 24.5 Å². The van der Waals surface area contributed by atoms with Crippen molar-refractivity contribution in [3.63, 3.8) is 0 Å². The van der Waals surface area contributed by atoms with Crippen LogP contribution in [-0.4, -0.2) is 31.3 Å². The molecule has 6 nitrogen and oxygen atoms in total. The third-order valence-electron chi connectivity index (χ3n) is 3.37. The van der Waals surface area contributed by atoms with Crippen molar-refractivity contribution in [2.45, 2.75) is 4.90 Å². The van der Waals surface area contributed by atoms with Gasteiger partial charge in [-0.1, -0.05) is 17.7 Å². The second kappa shape index (κ2) is 5.95. The number of sulfonamides is 1. The molecule has 0 saturated heterocycles. The van der Waals surface area contributed by atoms with Crippen LogP contribution in [0.5, 0.6) is 5.75 Å². The smallest absolute Gasteiger partial charge is 0.266 e. The Balaban J connectivity index is 2.17. The summed E-state index contributed by atoms with van der Waals surface area (Å²) in [5.74, 6) is 0.407. The third kappa shape index (κ3) is 2.73. The van der Waals surface area contributed by atoms with E-state index < -0.39 is 10.0 Å². The van der Waals surface area contributed by atoms with Gasteiger partial charge in [0, 0.05) is 12.1 Å². The van der Waals surface area contributed by atoms with Crippen molar-refractivity contribution in [1.29, 1.82) is 0 Å². The molecule has 0 unspecified atom stereocenters. The van der Waals surface area contributed by atoms with Crippen LogP contribution in [0.1, 0.15) is 0 Å². The maximum Gasteiger partial charge on any atom is 0.266 e. The van der Waals surface area contributed by atoms with Gasteiger partial charge in [0.25, 0.3) is 10.0 Å². The molecule has 2 aromatic carbocycles. The predicted molar refractivity (Wildman–Crippen MR) is 91.0 cm³/mol. The van der Waals surface area contributed by atoms with E-state index in [-0.39, 0.29) is 4.90 Å². The maximum absolute atomic E-state index is 13.0. The number of aromatic nitrogens is 2. The molecule has 23 heavy (non-hydrogen) atoms. The molecule has 9 heteroatoms. The molecular formula is C14H12ClN3O3S2. The molecule has 0 fully saturated rings. The van der Waals surface area contributed by atoms with Gasteiger partial charge >= 0.3 is 0 Å². The summed E-state index contributed by atoms with van der Waals surface area (Å²) in [4.78, 5) is 0.0910. The summed E-state index contributed by atoms with van der Waals surface area (Å²) in [7, 11) is -0.922. The quantitative estimate of drug-likeness (QED) is 0.706. The van der Waals surface area contributed by atoms with Crippen molar-refractivity contribution in [3.05, 3.63) is 41.4 Å². The van der Waals surface area contributed by atoms with E-state index in [0.717, 1.165) is 16.0 Å². The van der Waals surface area contributed by atoms with Crippen LogP contribution in [0.2, 0.25) is 5.02 Å². The van der Waals surface area contributed by atoms with E-state index in [4.69, 9.17) is 16.3 Å². The molecule has 0 spiro atoms. The average Bonchev–Trinajstić information content (AvgIpc) is 3.02. The monoisotopic (exact) mass is 369 g/mol. The highest BCUT2D eigenvalue weighted by atomic mass is 35.5. The lowest BCUT2D eigenvalue weighted by Crippen LogP contribution is -2.27. The molecule has 120 valence electrons. The highest BCUT2D eigenvalue weighted by molar-refractivity contribution is 7.93. The van der Waals surface area contributed by atoms with E-state index >= 15 is 0 Å². The Kier molecular flexibility index (Phi) is 4.13. The van der Waals surface area contributed by atoms with Crippen LogP contribution in [-0.2, 0) is 10.0 Å². The van der Waals surface area contributed by atoms with Gasteiger partial charge in [0.1, 0.15) is 21.7 Å². The predicted octanol–water partition coefficient (Wildman–Crippen LogP) is 3.18. The highest BCUT2D eigenvalue weighted by Crippen LogP contribution is 2.34. The molecule has 1 heterocycles. The summed E-state index contributed by atoms with van der Waals surface area (Å²) in [5, 5.41) is 0.413. The SMILES string of the molecule is COc1ccc(Cl)cc1N(C)S(=O)(=O)c1cccc2nsnc12. The summed E-state index contributed by atoms with van der Waals surface area (Å²) < 4.78 is 40.5. The van der Waals surface area contributed by atoms with E-state index in [9.17, 15) is 8.42 Å². The molecule has 3 aromatic rings. The fraction of sp³-hybridized carbons (Fsp3) is 0.143. The first-order valence-corrected chi connectivity index (χ1v) is 9.03. The zero-order valence-electron chi connectivity index (χ0n) is 12.2. The van der Waals surface area contributed by atoms with E-state index in [1.54, 1.807) is 24.3 Å². The standard InChI is InChI=1S/C14H12ClN3O3S2/c1-18(11-8-9(15)6-7-12(11)21-2)23(19,20)13-5-3-4-10-14(13)17-22-16-10/h3-8H,1-2H3. The summed E-state index contributed by atoms with van der Waals surface area (Å²) in [5.41, 5.74) is 1.24. The molecule has 3 rings (SSSR count). The molecule has 0 amide bonds. The molecule has 0 N–H and O–H groups in total. The lowest BCUT2D eigenvalue weighted by molar-refractivity contribution is 0.416. The first kappa shape index (κ1) is 16.0. The molecule has 0 atom stereocenters. The van der Waals surface area contributed by atoms with Gasteiger partial charge in [-0.2, -0.15) is 8.75 Å². The number of rotatable bonds is 4. The van der Waals surface area contributed by atoms with Crippen molar-refractivity contribution in [2.75, 3.05) is 18.5 Å². The fourth-order valence-electron chi connectivity index (χ4n) is 2.18. The molecular weight excluding hydrogens is 358 g/mol. The van der Waals surface area contributed by atoms with Gasteiger partial charge in [-0.3, -0.25) is 4.31 Å². The fourth-order valence-corrected chi connectivity index (χ4v) is 4.29. The zero-order valence-corrected chi connectivity index (χ0v) is 14.6. The number of anilines is 1. The van der Waals surface area contributed by atoms with Crippen molar-refractivity contribution in [2.24, 2.45) is 0 Å². The topological polar surface area (TPSA) is 72.4 Å². The van der Waals surface area contributed by atoms with Crippen molar-refractivity contribution in [3.8, 4) is 5.75 Å². The van der Waals surface area contributed by atoms with Crippen LogP contribution in [0.25, 0.3) is 11.0 Å². The Bertz CT molecular complexity index is 972. The summed E-state index contributed by atoms with van der Waals surface area (Å²) >= 11 is 6.97. The number of nitrogens with zero attached hydrogens (tertiary/aromatic N) is 3. The average molecular weight is 370 g/mol. The summed E-state index contributed by atoms with van der Waals surface area (Å²) in [6.07, 6.45) is 0. The molecule has 0 aliphatic heterocycles. The van der Waals surface area contributed by atoms with Crippen LogP contribution >= 0.6 is 23.3 Å². The highest BCUT2D eigenvalue weighted by Gasteiger charge is 2.27. The van der Waals surface area contributed by atoms with Crippen LogP contribution < -0.4 is 9.04 Å². The first-order chi connectivity index (χ1) is 10.9. The van der Waals surface area contributed by atoms with Gasteiger partial charge in [0.2, 0.25) is 0 Å². The number of benzene rings is 2. The van der Waals surface area contributed by atoms with Crippen LogP contribution in [0, 0.1) is 0 Å². The Morgan fingerprint density at radius 3 is 2.74 bits per heavy atom. The van der Waals surface area contributed by atoms with E-state index in [0.29, 0.717) is 27.5 Å². The number of hydrogen-bond donors (Lipinski definition) is 0. The summed E-state index contributed by atoms with van der Waals surface area (Å²) in [6.45, 7) is 0. The molecule has 0 bridgehead atoms. The largest absolute Gasteiger partial charge is 0.495 e. The Labute approximate surface area is 142 Å². The van der Waals surface area contributed by atoms with Crippen molar-refractivity contribution in [1.82, 2.24) is 8.75 Å². The van der Waals surface area contributed by atoms with E-state index in [1.165, 1.54) is 26.3 Å². The number of methoxy groups -OCH3 is 1. The zero-order chi connectivity index (χ0) is 16.6. The van der Waals surface area contributed by atoms with Crippen molar-refractivity contribution >= 4 is 50.1 Å². The van der Waals surface area contributed by atoms with Crippen LogP contribution in [0.3, 0.4) is 0 Å². The first-order valence-electron chi connectivity index (χ1n) is 6.49. The van der Waals surface area contributed by atoms with Crippen molar-refractivity contribution < 1.29 is 13.2 Å².